The Morgan fingerprint density at radius 3 is 1.44 bits per heavy atom. The molecule has 3 heteroatoms. The van der Waals surface area contributed by atoms with Gasteiger partial charge in [0.25, 0.3) is 0 Å². The predicted molar refractivity (Wildman–Crippen MR) is 293 cm³/mol. The minimum atomic E-state index is -0.0624. The zero-order chi connectivity index (χ0) is 46.8. The van der Waals surface area contributed by atoms with E-state index in [4.69, 9.17) is 4.74 Å². The minimum absolute atomic E-state index is 0.0624. The van der Waals surface area contributed by atoms with Crippen LogP contribution in [0.3, 0.4) is 0 Å². The molecule has 1 aliphatic heterocycles. The van der Waals surface area contributed by atoms with Gasteiger partial charge in [-0.15, -0.1) is 0 Å². The topological polar surface area (TPSA) is 15.7 Å². The molecule has 70 heavy (non-hydrogen) atoms. The molecule has 11 aromatic rings. The van der Waals surface area contributed by atoms with Crippen LogP contribution < -0.4 is 14.5 Å². The summed E-state index contributed by atoms with van der Waals surface area (Å²) >= 11 is 0. The molecule has 0 unspecified atom stereocenters. The number of hydrogen-bond acceptors (Lipinski definition) is 3. The van der Waals surface area contributed by atoms with E-state index < -0.39 is 0 Å². The monoisotopic (exact) mass is 896 g/mol. The molecule has 0 radical (unpaired) electrons. The summed E-state index contributed by atoms with van der Waals surface area (Å²) in [5, 5.41) is 2.28. The maximum atomic E-state index is 7.25. The van der Waals surface area contributed by atoms with Crippen LogP contribution in [0.5, 0.6) is 11.5 Å². The Hall–Kier alpha value is -8.92. The molecule has 332 valence electrons. The quantitative estimate of drug-likeness (QED) is 0.144. The van der Waals surface area contributed by atoms with Gasteiger partial charge in [-0.05, 0) is 134 Å². The maximum Gasteiger partial charge on any atom is 0.159 e. The third kappa shape index (κ3) is 6.89. The van der Waals surface area contributed by atoms with E-state index in [-0.39, 0.29) is 5.41 Å². The van der Waals surface area contributed by atoms with Crippen LogP contribution >= 0.6 is 0 Å². The molecule has 0 fully saturated rings. The Kier molecular flexibility index (Phi) is 9.85. The molecule has 0 bridgehead atoms. The van der Waals surface area contributed by atoms with E-state index in [2.05, 4.69) is 278 Å². The highest BCUT2D eigenvalue weighted by molar-refractivity contribution is 6.09. The fourth-order valence-corrected chi connectivity index (χ4v) is 11.0. The van der Waals surface area contributed by atoms with Crippen LogP contribution in [0.15, 0.2) is 255 Å². The van der Waals surface area contributed by atoms with E-state index in [9.17, 15) is 0 Å². The Balaban J connectivity index is 0.854. The summed E-state index contributed by atoms with van der Waals surface area (Å²) in [5.74, 6) is 1.72. The zero-order valence-corrected chi connectivity index (χ0v) is 39.1. The molecule has 0 atom stereocenters. The van der Waals surface area contributed by atoms with Crippen molar-refractivity contribution in [1.82, 2.24) is 0 Å². The van der Waals surface area contributed by atoms with Gasteiger partial charge >= 0.3 is 0 Å². The van der Waals surface area contributed by atoms with Crippen LogP contribution in [0.2, 0.25) is 0 Å². The van der Waals surface area contributed by atoms with Gasteiger partial charge in [-0.1, -0.05) is 196 Å². The van der Waals surface area contributed by atoms with E-state index >= 15 is 0 Å². The molecule has 0 spiro atoms. The van der Waals surface area contributed by atoms with Crippen LogP contribution in [-0.4, -0.2) is 0 Å². The molecule has 0 amide bonds. The standard InChI is InChI=1S/C67H48N2O/c1-67(2)61-26-13-12-23-57(61)60-44-55(41-43-62(60)67)68(53-37-32-47(33-38-53)45-16-6-3-7-17-45)54-39-34-48(35-40-54)46-28-30-49(31-29-46)56-42-36-50-18-14-24-58-59-25-15-27-63(65(59)70-66(56)64(50)58)69(51-19-8-4-9-20-51)52-21-10-5-11-22-52/h3-44H,1-2H3. The molecule has 1 heterocycles. The number of rotatable bonds is 9. The van der Waals surface area contributed by atoms with E-state index in [1.807, 2.05) is 0 Å². The average Bonchev–Trinajstić information content (AvgIpc) is 3.65. The lowest BCUT2D eigenvalue weighted by Crippen LogP contribution is -2.15. The SMILES string of the molecule is CC1(C)c2ccccc2-c2cc(N(c3ccc(-c4ccccc4)cc3)c3ccc(-c4ccc(-c5ccc6cccc7c6c5Oc5c-7cccc5N(c5ccccc5)c5ccccc5)cc4)cc3)ccc21. The number of nitrogens with zero attached hydrogens (tertiary/aromatic N) is 2. The lowest BCUT2D eigenvalue weighted by atomic mass is 9.82. The normalized spacial score (nSPS) is 12.7. The maximum absolute atomic E-state index is 7.25. The van der Waals surface area contributed by atoms with Crippen molar-refractivity contribution < 1.29 is 4.74 Å². The van der Waals surface area contributed by atoms with Gasteiger partial charge in [0.05, 0.1) is 5.69 Å². The number of benzene rings is 11. The summed E-state index contributed by atoms with van der Waals surface area (Å²) in [7, 11) is 0. The van der Waals surface area contributed by atoms with Crippen molar-refractivity contribution in [3.8, 4) is 67.1 Å². The highest BCUT2D eigenvalue weighted by Crippen LogP contribution is 2.55. The lowest BCUT2D eigenvalue weighted by molar-refractivity contribution is 0.490. The molecule has 0 aromatic heterocycles. The Morgan fingerprint density at radius 1 is 0.300 bits per heavy atom. The van der Waals surface area contributed by atoms with Crippen molar-refractivity contribution in [2.24, 2.45) is 0 Å². The average molecular weight is 897 g/mol. The number of anilines is 6. The van der Waals surface area contributed by atoms with Crippen molar-refractivity contribution in [1.29, 1.82) is 0 Å². The van der Waals surface area contributed by atoms with Gasteiger partial charge in [-0.2, -0.15) is 0 Å². The molecule has 1 aliphatic carbocycles. The van der Waals surface area contributed by atoms with E-state index in [1.54, 1.807) is 0 Å². The summed E-state index contributed by atoms with van der Waals surface area (Å²) in [5.41, 5.74) is 20.8. The van der Waals surface area contributed by atoms with Gasteiger partial charge in [0.2, 0.25) is 0 Å². The third-order valence-corrected chi connectivity index (χ3v) is 14.5. The second-order valence-electron chi connectivity index (χ2n) is 18.9. The molecule has 13 rings (SSSR count). The second-order valence-corrected chi connectivity index (χ2v) is 18.9. The van der Waals surface area contributed by atoms with Gasteiger partial charge in [-0.3, -0.25) is 0 Å². The molecule has 0 N–H and O–H groups in total. The predicted octanol–water partition coefficient (Wildman–Crippen LogP) is 18.9. The number of para-hydroxylation sites is 3. The first kappa shape index (κ1) is 41.3. The number of ether oxygens (including phenoxy) is 1. The van der Waals surface area contributed by atoms with Crippen LogP contribution in [0, 0.1) is 0 Å². The lowest BCUT2D eigenvalue weighted by Gasteiger charge is -2.31. The van der Waals surface area contributed by atoms with Gasteiger partial charge in [-0.25, -0.2) is 0 Å². The fraction of sp³-hybridized carbons (Fsp3) is 0.0448. The summed E-state index contributed by atoms with van der Waals surface area (Å²) in [6.07, 6.45) is 0. The molecular formula is C67H48N2O. The van der Waals surface area contributed by atoms with Crippen LogP contribution in [0.4, 0.5) is 34.1 Å². The summed E-state index contributed by atoms with van der Waals surface area (Å²) < 4.78 is 7.25. The van der Waals surface area contributed by atoms with E-state index in [1.165, 1.54) is 38.9 Å². The minimum Gasteiger partial charge on any atom is -0.453 e. The van der Waals surface area contributed by atoms with Gasteiger partial charge in [0.15, 0.2) is 5.75 Å². The zero-order valence-electron chi connectivity index (χ0n) is 39.1. The molecule has 11 aromatic carbocycles. The van der Waals surface area contributed by atoms with Gasteiger partial charge in [0.1, 0.15) is 5.75 Å². The smallest absolute Gasteiger partial charge is 0.159 e. The highest BCUT2D eigenvalue weighted by atomic mass is 16.5. The summed E-state index contributed by atoms with van der Waals surface area (Å²) in [4.78, 5) is 4.68. The molecular weight excluding hydrogens is 849 g/mol. The molecule has 2 aliphatic rings. The first-order chi connectivity index (χ1) is 34.5. The van der Waals surface area contributed by atoms with Crippen LogP contribution in [0.25, 0.3) is 66.4 Å². The Labute approximate surface area is 409 Å². The third-order valence-electron chi connectivity index (χ3n) is 14.5. The highest BCUT2D eigenvalue weighted by Gasteiger charge is 2.36. The molecule has 0 saturated carbocycles. The fourth-order valence-electron chi connectivity index (χ4n) is 11.0. The van der Waals surface area contributed by atoms with E-state index in [0.717, 1.165) is 84.2 Å². The first-order valence-corrected chi connectivity index (χ1v) is 24.2. The van der Waals surface area contributed by atoms with E-state index in [0.29, 0.717) is 0 Å². The number of hydrogen-bond donors (Lipinski definition) is 0. The largest absolute Gasteiger partial charge is 0.453 e. The van der Waals surface area contributed by atoms with Crippen LogP contribution in [0.1, 0.15) is 25.0 Å². The second kappa shape index (κ2) is 16.7. The van der Waals surface area contributed by atoms with Crippen molar-refractivity contribution >= 4 is 44.9 Å². The van der Waals surface area contributed by atoms with Gasteiger partial charge in [0, 0.05) is 50.4 Å². The van der Waals surface area contributed by atoms with Crippen molar-refractivity contribution in [3.63, 3.8) is 0 Å². The summed E-state index contributed by atoms with van der Waals surface area (Å²) in [6.45, 7) is 4.68. The van der Waals surface area contributed by atoms with Crippen molar-refractivity contribution in [2.45, 2.75) is 19.3 Å². The first-order valence-electron chi connectivity index (χ1n) is 24.2. The van der Waals surface area contributed by atoms with Crippen molar-refractivity contribution in [2.75, 3.05) is 9.80 Å². The number of fused-ring (bicyclic) bond motifs is 5. The summed E-state index contributed by atoms with van der Waals surface area (Å²) in [6, 6.07) is 92.0. The Bertz CT molecular complexity index is 3690. The Morgan fingerprint density at radius 2 is 0.786 bits per heavy atom. The molecule has 3 nitrogen and oxygen atoms in total. The van der Waals surface area contributed by atoms with Crippen molar-refractivity contribution in [3.05, 3.63) is 266 Å². The van der Waals surface area contributed by atoms with Gasteiger partial charge < -0.3 is 14.5 Å². The van der Waals surface area contributed by atoms with Crippen LogP contribution in [-0.2, 0) is 5.41 Å². The molecule has 0 saturated heterocycles.